The van der Waals surface area contributed by atoms with Gasteiger partial charge < -0.3 is 9.84 Å². The first-order valence-electron chi connectivity index (χ1n) is 6.77. The van der Waals surface area contributed by atoms with Crippen molar-refractivity contribution in [2.24, 2.45) is 5.92 Å². The van der Waals surface area contributed by atoms with E-state index in [2.05, 4.69) is 9.46 Å². The Labute approximate surface area is 139 Å². The molecule has 0 radical (unpaired) electrons. The highest BCUT2D eigenvalue weighted by Gasteiger charge is 2.30. The Bertz CT molecular complexity index is 703. The fraction of sp³-hybridized carbons (Fsp3) is 0.429. The molecule has 23 heavy (non-hydrogen) atoms. The van der Waals surface area contributed by atoms with Crippen LogP contribution in [0.15, 0.2) is 23.1 Å². The molecule has 128 valence electrons. The molecule has 2 N–H and O–H groups in total. The molecule has 2 atom stereocenters. The van der Waals surface area contributed by atoms with Gasteiger partial charge in [0.1, 0.15) is 10.9 Å². The number of rotatable bonds is 7. The third kappa shape index (κ3) is 4.66. The van der Waals surface area contributed by atoms with Crippen LogP contribution in [0.3, 0.4) is 0 Å². The summed E-state index contributed by atoms with van der Waals surface area (Å²) in [6.07, 6.45) is 0.481. The Balaban J connectivity index is 3.18. The maximum atomic E-state index is 12.4. The topological polar surface area (TPSA) is 110 Å². The average molecular weight is 364 g/mol. The Morgan fingerprint density at radius 1 is 1.39 bits per heavy atom. The fourth-order valence-corrected chi connectivity index (χ4v) is 3.68. The van der Waals surface area contributed by atoms with Gasteiger partial charge in [0, 0.05) is 0 Å². The van der Waals surface area contributed by atoms with Crippen molar-refractivity contribution in [3.8, 4) is 0 Å². The van der Waals surface area contributed by atoms with Gasteiger partial charge in [0.15, 0.2) is 0 Å². The molecule has 0 bridgehead atoms. The molecule has 0 aliphatic carbocycles. The van der Waals surface area contributed by atoms with Crippen LogP contribution in [0.1, 0.15) is 30.6 Å². The summed E-state index contributed by atoms with van der Waals surface area (Å²) in [5.74, 6) is -2.34. The zero-order chi connectivity index (χ0) is 17.8. The van der Waals surface area contributed by atoms with Crippen LogP contribution in [0.5, 0.6) is 0 Å². The van der Waals surface area contributed by atoms with Crippen molar-refractivity contribution in [1.82, 2.24) is 4.72 Å². The van der Waals surface area contributed by atoms with Gasteiger partial charge in [-0.1, -0.05) is 31.9 Å². The molecule has 0 spiro atoms. The minimum absolute atomic E-state index is 0.0909. The average Bonchev–Trinajstić information content (AvgIpc) is 2.50. The molecular formula is C14H18ClNO6S. The predicted octanol–water partition coefficient (Wildman–Crippen LogP) is 1.90. The maximum Gasteiger partial charge on any atom is 0.337 e. The van der Waals surface area contributed by atoms with E-state index in [-0.39, 0.29) is 15.5 Å². The minimum Gasteiger partial charge on any atom is -0.480 e. The van der Waals surface area contributed by atoms with Crippen LogP contribution in [-0.4, -0.2) is 38.6 Å². The lowest BCUT2D eigenvalue weighted by atomic mass is 10.0. The van der Waals surface area contributed by atoms with E-state index in [1.54, 1.807) is 13.8 Å². The van der Waals surface area contributed by atoms with Gasteiger partial charge in [-0.05, 0) is 24.1 Å². The van der Waals surface area contributed by atoms with Crippen LogP contribution in [0.4, 0.5) is 0 Å². The Hall–Kier alpha value is -1.64. The van der Waals surface area contributed by atoms with E-state index in [1.807, 2.05) is 0 Å². The van der Waals surface area contributed by atoms with Crippen molar-refractivity contribution in [2.45, 2.75) is 31.2 Å². The van der Waals surface area contributed by atoms with Gasteiger partial charge in [0.25, 0.3) is 0 Å². The van der Waals surface area contributed by atoms with Crippen molar-refractivity contribution in [1.29, 1.82) is 0 Å². The molecule has 0 aromatic heterocycles. The van der Waals surface area contributed by atoms with E-state index in [0.717, 1.165) is 12.1 Å². The van der Waals surface area contributed by atoms with E-state index < -0.39 is 33.9 Å². The summed E-state index contributed by atoms with van der Waals surface area (Å²) in [6.45, 7) is 3.39. The SMILES string of the molecule is CC[C@H](C)[C@H](NS(=O)(=O)c1ccc(C(=O)OC)cc1Cl)C(=O)O. The van der Waals surface area contributed by atoms with Crippen LogP contribution >= 0.6 is 11.6 Å². The van der Waals surface area contributed by atoms with Gasteiger partial charge in [-0.2, -0.15) is 4.72 Å². The normalized spacial score (nSPS) is 14.1. The van der Waals surface area contributed by atoms with E-state index in [1.165, 1.54) is 13.2 Å². The second kappa shape index (κ2) is 7.76. The monoisotopic (exact) mass is 363 g/mol. The summed E-state index contributed by atoms with van der Waals surface area (Å²) in [7, 11) is -2.97. The molecule has 0 unspecified atom stereocenters. The molecule has 7 nitrogen and oxygen atoms in total. The third-order valence-electron chi connectivity index (χ3n) is 3.40. The number of hydrogen-bond donors (Lipinski definition) is 2. The lowest BCUT2D eigenvalue weighted by Crippen LogP contribution is -2.44. The highest BCUT2D eigenvalue weighted by Crippen LogP contribution is 2.24. The number of hydrogen-bond acceptors (Lipinski definition) is 5. The number of ether oxygens (including phenoxy) is 1. The lowest BCUT2D eigenvalue weighted by Gasteiger charge is -2.20. The summed E-state index contributed by atoms with van der Waals surface area (Å²) < 4.78 is 31.4. The molecule has 0 saturated heterocycles. The molecule has 0 aliphatic heterocycles. The fourth-order valence-electron chi connectivity index (χ4n) is 1.84. The van der Waals surface area contributed by atoms with E-state index in [0.29, 0.717) is 6.42 Å². The number of sulfonamides is 1. The van der Waals surface area contributed by atoms with Gasteiger partial charge in [0.2, 0.25) is 10.0 Å². The number of halogens is 1. The predicted molar refractivity (Wildman–Crippen MR) is 84.0 cm³/mol. The molecule has 0 heterocycles. The van der Waals surface area contributed by atoms with Gasteiger partial charge in [-0.3, -0.25) is 4.79 Å². The molecular weight excluding hydrogens is 346 g/mol. The van der Waals surface area contributed by atoms with Gasteiger partial charge >= 0.3 is 11.9 Å². The third-order valence-corrected chi connectivity index (χ3v) is 5.33. The Morgan fingerprint density at radius 2 is 2.00 bits per heavy atom. The van der Waals surface area contributed by atoms with Crippen LogP contribution in [0, 0.1) is 5.92 Å². The number of nitrogens with one attached hydrogen (secondary N) is 1. The lowest BCUT2D eigenvalue weighted by molar-refractivity contribution is -0.140. The summed E-state index contributed by atoms with van der Waals surface area (Å²) in [4.78, 5) is 22.3. The molecule has 1 rings (SSSR count). The maximum absolute atomic E-state index is 12.4. The Morgan fingerprint density at radius 3 is 2.43 bits per heavy atom. The number of carbonyl (C=O) groups is 2. The summed E-state index contributed by atoms with van der Waals surface area (Å²) >= 11 is 5.92. The standard InChI is InChI=1S/C14H18ClNO6S/c1-4-8(2)12(13(17)18)16-23(20,21)11-6-5-9(7-10(11)15)14(19)22-3/h5-8,12,16H,4H2,1-3H3,(H,17,18)/t8-,12-/m0/s1. The van der Waals surface area contributed by atoms with Crippen molar-refractivity contribution >= 4 is 33.6 Å². The zero-order valence-corrected chi connectivity index (χ0v) is 14.4. The first-order chi connectivity index (χ1) is 10.6. The number of benzene rings is 1. The van der Waals surface area contributed by atoms with Crippen molar-refractivity contribution < 1.29 is 27.9 Å². The second-order valence-electron chi connectivity index (χ2n) is 4.96. The van der Waals surface area contributed by atoms with Crippen LogP contribution in [0.2, 0.25) is 5.02 Å². The molecule has 0 amide bonds. The Kier molecular flexibility index (Phi) is 6.55. The first-order valence-corrected chi connectivity index (χ1v) is 8.63. The largest absolute Gasteiger partial charge is 0.480 e. The minimum atomic E-state index is -4.15. The number of carboxylic acids is 1. The molecule has 1 aromatic carbocycles. The summed E-state index contributed by atoms with van der Waals surface area (Å²) in [5.41, 5.74) is 0.0909. The van der Waals surface area contributed by atoms with Crippen molar-refractivity contribution in [3.05, 3.63) is 28.8 Å². The zero-order valence-electron chi connectivity index (χ0n) is 12.9. The quantitative estimate of drug-likeness (QED) is 0.716. The number of carbonyl (C=O) groups excluding carboxylic acids is 1. The van der Waals surface area contributed by atoms with Gasteiger partial charge in [-0.15, -0.1) is 0 Å². The molecule has 0 fully saturated rings. The van der Waals surface area contributed by atoms with Gasteiger partial charge in [-0.25, -0.2) is 13.2 Å². The second-order valence-corrected chi connectivity index (χ2v) is 7.05. The van der Waals surface area contributed by atoms with E-state index in [9.17, 15) is 23.1 Å². The number of aliphatic carboxylic acids is 1. The summed E-state index contributed by atoms with van der Waals surface area (Å²) in [5, 5.41) is 8.98. The van der Waals surface area contributed by atoms with E-state index in [4.69, 9.17) is 11.6 Å². The highest BCUT2D eigenvalue weighted by molar-refractivity contribution is 7.89. The summed E-state index contributed by atoms with van der Waals surface area (Å²) in [6, 6.07) is 2.25. The van der Waals surface area contributed by atoms with Crippen LogP contribution in [-0.2, 0) is 19.6 Å². The number of carboxylic acid groups (broad SMARTS) is 1. The van der Waals surface area contributed by atoms with E-state index >= 15 is 0 Å². The van der Waals surface area contributed by atoms with Crippen molar-refractivity contribution in [2.75, 3.05) is 7.11 Å². The highest BCUT2D eigenvalue weighted by atomic mass is 35.5. The molecule has 0 saturated carbocycles. The number of methoxy groups -OCH3 is 1. The van der Waals surface area contributed by atoms with Crippen molar-refractivity contribution in [3.63, 3.8) is 0 Å². The molecule has 9 heteroatoms. The molecule has 1 aromatic rings. The van der Waals surface area contributed by atoms with Crippen LogP contribution < -0.4 is 4.72 Å². The smallest absolute Gasteiger partial charge is 0.337 e. The van der Waals surface area contributed by atoms with Gasteiger partial charge in [0.05, 0.1) is 17.7 Å². The van der Waals surface area contributed by atoms with Crippen LogP contribution in [0.25, 0.3) is 0 Å². The molecule has 0 aliphatic rings. The first kappa shape index (κ1) is 19.4. The number of esters is 1.